The van der Waals surface area contributed by atoms with Gasteiger partial charge in [-0.1, -0.05) is 59.6 Å². The second kappa shape index (κ2) is 9.45. The van der Waals surface area contributed by atoms with Gasteiger partial charge in [0.1, 0.15) is 19.7 Å². The third-order valence-corrected chi connectivity index (χ3v) is 4.82. The van der Waals surface area contributed by atoms with E-state index in [1.54, 1.807) is 7.11 Å². The fourth-order valence-corrected chi connectivity index (χ4v) is 3.05. The number of halogens is 1. The van der Waals surface area contributed by atoms with Crippen LogP contribution in [0.1, 0.15) is 22.3 Å². The van der Waals surface area contributed by atoms with Gasteiger partial charge in [-0.3, -0.25) is 0 Å². The molecule has 4 heteroatoms. The Morgan fingerprint density at radius 2 is 1.56 bits per heavy atom. The lowest BCUT2D eigenvalue weighted by Gasteiger charge is -2.13. The Morgan fingerprint density at radius 1 is 0.852 bits per heavy atom. The highest BCUT2D eigenvalue weighted by molar-refractivity contribution is 6.31. The van der Waals surface area contributed by atoms with Crippen LogP contribution in [0, 0.1) is 6.92 Å². The topological polar surface area (TPSA) is 35.1 Å². The van der Waals surface area contributed by atoms with Crippen LogP contribution in [-0.2, 0) is 19.7 Å². The number of ether oxygens (including phenoxy) is 2. The molecule has 0 unspecified atom stereocenters. The maximum atomic E-state index is 6.19. The summed E-state index contributed by atoms with van der Waals surface area (Å²) in [5, 5.41) is 2.99. The maximum Gasteiger partial charge on any atom is 0.161 e. The van der Waals surface area contributed by atoms with Crippen molar-refractivity contribution in [3.05, 3.63) is 94.0 Å². The minimum Gasteiger partial charge on any atom is -0.493 e. The summed E-state index contributed by atoms with van der Waals surface area (Å²) in [4.78, 5) is 0. The van der Waals surface area contributed by atoms with Crippen LogP contribution < -0.4 is 14.8 Å². The van der Waals surface area contributed by atoms with E-state index in [4.69, 9.17) is 21.1 Å². The van der Waals surface area contributed by atoms with Gasteiger partial charge in [-0.15, -0.1) is 0 Å². The Bertz CT molecular complexity index is 878. The van der Waals surface area contributed by atoms with Crippen LogP contribution in [0.25, 0.3) is 0 Å². The molecule has 3 aromatic carbocycles. The van der Waals surface area contributed by atoms with Gasteiger partial charge in [0.05, 0.1) is 7.11 Å². The molecule has 0 amide bonds. The molecule has 0 aliphatic heterocycles. The molecule has 0 aromatic heterocycles. The highest BCUT2D eigenvalue weighted by Gasteiger charge is 2.08. The SMILES string of the molecule is COc1cc(C[NH2+]Cc2ccc(C)cc2)ccc1OCc1ccccc1Cl. The second-order valence-electron chi connectivity index (χ2n) is 6.55. The Kier molecular flexibility index (Phi) is 6.74. The van der Waals surface area contributed by atoms with E-state index in [9.17, 15) is 0 Å². The second-order valence-corrected chi connectivity index (χ2v) is 6.96. The summed E-state index contributed by atoms with van der Waals surface area (Å²) >= 11 is 6.19. The van der Waals surface area contributed by atoms with Crippen LogP contribution in [0.3, 0.4) is 0 Å². The van der Waals surface area contributed by atoms with Crippen molar-refractivity contribution >= 4 is 11.6 Å². The normalized spacial score (nSPS) is 10.6. The Hall–Kier alpha value is -2.49. The summed E-state index contributed by atoms with van der Waals surface area (Å²) in [6.07, 6.45) is 0. The van der Waals surface area contributed by atoms with E-state index in [2.05, 4.69) is 42.6 Å². The van der Waals surface area contributed by atoms with Gasteiger partial charge in [-0.2, -0.15) is 0 Å². The molecule has 0 saturated heterocycles. The van der Waals surface area contributed by atoms with Crippen molar-refractivity contribution in [1.29, 1.82) is 0 Å². The van der Waals surface area contributed by atoms with E-state index in [-0.39, 0.29) is 0 Å². The third kappa shape index (κ3) is 5.49. The number of quaternary nitrogens is 1. The first-order chi connectivity index (χ1) is 13.2. The Labute approximate surface area is 165 Å². The van der Waals surface area contributed by atoms with E-state index in [1.165, 1.54) is 16.7 Å². The van der Waals surface area contributed by atoms with Crippen molar-refractivity contribution in [1.82, 2.24) is 0 Å². The summed E-state index contributed by atoms with van der Waals surface area (Å²) in [5.74, 6) is 1.46. The summed E-state index contributed by atoms with van der Waals surface area (Å²) in [6.45, 7) is 4.35. The standard InChI is InChI=1S/C23H24ClNO2/c1-17-7-9-18(10-8-17)14-25-15-19-11-12-22(23(13-19)26-2)27-16-20-5-3-4-6-21(20)24/h3-13,25H,14-16H2,1-2H3/p+1. The molecule has 0 spiro atoms. The first-order valence-electron chi connectivity index (χ1n) is 9.06. The van der Waals surface area contributed by atoms with E-state index < -0.39 is 0 Å². The van der Waals surface area contributed by atoms with Crippen LogP contribution >= 0.6 is 11.6 Å². The van der Waals surface area contributed by atoms with Crippen molar-refractivity contribution in [2.24, 2.45) is 0 Å². The first-order valence-corrected chi connectivity index (χ1v) is 9.44. The molecule has 0 fully saturated rings. The van der Waals surface area contributed by atoms with Gasteiger partial charge >= 0.3 is 0 Å². The van der Waals surface area contributed by atoms with E-state index in [0.29, 0.717) is 11.6 Å². The lowest BCUT2D eigenvalue weighted by atomic mass is 10.1. The van der Waals surface area contributed by atoms with Gasteiger partial charge in [-0.25, -0.2) is 0 Å². The molecule has 27 heavy (non-hydrogen) atoms. The quantitative estimate of drug-likeness (QED) is 0.622. The van der Waals surface area contributed by atoms with Gasteiger partial charge < -0.3 is 14.8 Å². The largest absolute Gasteiger partial charge is 0.493 e. The Balaban J connectivity index is 1.58. The van der Waals surface area contributed by atoms with Crippen molar-refractivity contribution in [3.8, 4) is 11.5 Å². The zero-order valence-electron chi connectivity index (χ0n) is 15.7. The average Bonchev–Trinajstić information content (AvgIpc) is 2.69. The molecule has 0 aliphatic rings. The molecule has 2 N–H and O–H groups in total. The summed E-state index contributed by atoms with van der Waals surface area (Å²) < 4.78 is 11.4. The fourth-order valence-electron chi connectivity index (χ4n) is 2.86. The van der Waals surface area contributed by atoms with Crippen molar-refractivity contribution in [3.63, 3.8) is 0 Å². The molecular weight excluding hydrogens is 358 g/mol. The number of rotatable bonds is 8. The van der Waals surface area contributed by atoms with Gasteiger partial charge in [-0.05, 0) is 31.2 Å². The molecule has 0 atom stereocenters. The average molecular weight is 383 g/mol. The molecule has 0 bridgehead atoms. The molecule has 3 aromatic rings. The molecule has 140 valence electrons. The molecule has 0 aliphatic carbocycles. The minimum absolute atomic E-state index is 0.412. The van der Waals surface area contributed by atoms with Gasteiger partial charge in [0.2, 0.25) is 0 Å². The predicted molar refractivity (Wildman–Crippen MR) is 109 cm³/mol. The predicted octanol–water partition coefficient (Wildman–Crippen LogP) is 4.50. The number of hydrogen-bond donors (Lipinski definition) is 1. The molecule has 0 radical (unpaired) electrons. The maximum absolute atomic E-state index is 6.19. The number of nitrogens with two attached hydrogens (primary N) is 1. The summed E-state index contributed by atoms with van der Waals surface area (Å²) in [6, 6.07) is 22.4. The zero-order chi connectivity index (χ0) is 19.1. The molecule has 0 heterocycles. The smallest absolute Gasteiger partial charge is 0.161 e. The highest BCUT2D eigenvalue weighted by Crippen LogP contribution is 2.29. The number of methoxy groups -OCH3 is 1. The number of hydrogen-bond acceptors (Lipinski definition) is 2. The third-order valence-electron chi connectivity index (χ3n) is 4.45. The molecule has 0 saturated carbocycles. The Morgan fingerprint density at radius 3 is 2.30 bits per heavy atom. The molecule has 3 rings (SSSR count). The van der Waals surface area contributed by atoms with Crippen molar-refractivity contribution in [2.75, 3.05) is 7.11 Å². The number of benzene rings is 3. The van der Waals surface area contributed by atoms with Gasteiger partial charge in [0.15, 0.2) is 11.5 Å². The molecule has 3 nitrogen and oxygen atoms in total. The lowest BCUT2D eigenvalue weighted by Crippen LogP contribution is -2.80. The molecular formula is C23H25ClNO2+. The fraction of sp³-hybridized carbons (Fsp3) is 0.217. The monoisotopic (exact) mass is 382 g/mol. The van der Waals surface area contributed by atoms with Crippen LogP contribution in [0.15, 0.2) is 66.7 Å². The summed E-state index contributed by atoms with van der Waals surface area (Å²) in [7, 11) is 1.66. The van der Waals surface area contributed by atoms with Gasteiger partial charge in [0, 0.05) is 21.7 Å². The van der Waals surface area contributed by atoms with Crippen molar-refractivity contribution < 1.29 is 14.8 Å². The van der Waals surface area contributed by atoms with Gasteiger partial charge in [0.25, 0.3) is 0 Å². The van der Waals surface area contributed by atoms with Crippen LogP contribution in [0.2, 0.25) is 5.02 Å². The first kappa shape index (κ1) is 19.3. The van der Waals surface area contributed by atoms with E-state index in [1.807, 2.05) is 36.4 Å². The van der Waals surface area contributed by atoms with Crippen LogP contribution in [0.4, 0.5) is 0 Å². The zero-order valence-corrected chi connectivity index (χ0v) is 16.5. The van der Waals surface area contributed by atoms with Crippen molar-refractivity contribution in [2.45, 2.75) is 26.6 Å². The van der Waals surface area contributed by atoms with E-state index in [0.717, 1.165) is 30.2 Å². The minimum atomic E-state index is 0.412. The highest BCUT2D eigenvalue weighted by atomic mass is 35.5. The van der Waals surface area contributed by atoms with E-state index >= 15 is 0 Å². The summed E-state index contributed by atoms with van der Waals surface area (Å²) in [5.41, 5.74) is 4.77. The number of aryl methyl sites for hydroxylation is 1. The lowest BCUT2D eigenvalue weighted by molar-refractivity contribution is -0.686. The van der Waals surface area contributed by atoms with Crippen LogP contribution in [0.5, 0.6) is 11.5 Å². The van der Waals surface area contributed by atoms with Crippen LogP contribution in [-0.4, -0.2) is 7.11 Å².